The molecule has 1 aromatic heterocycles. The summed E-state index contributed by atoms with van der Waals surface area (Å²) in [6.45, 7) is 4.19. The molecule has 2 aliphatic heterocycles. The molecule has 1 fully saturated rings. The van der Waals surface area contributed by atoms with E-state index >= 15 is 0 Å². The molecule has 30 heavy (non-hydrogen) atoms. The molecule has 2 aromatic carbocycles. The highest BCUT2D eigenvalue weighted by Gasteiger charge is 2.35. The fourth-order valence-corrected chi connectivity index (χ4v) is 3.86. The summed E-state index contributed by atoms with van der Waals surface area (Å²) in [4.78, 5) is 26.4. The number of hydrogen-bond acceptors (Lipinski definition) is 4. The van der Waals surface area contributed by atoms with E-state index < -0.39 is 6.03 Å². The molecule has 7 nitrogen and oxygen atoms in total. The minimum atomic E-state index is -0.456. The van der Waals surface area contributed by atoms with Crippen molar-refractivity contribution in [2.24, 2.45) is 0 Å². The number of carbonyl (C=O) groups excluding carboxylic acids is 2. The van der Waals surface area contributed by atoms with Crippen molar-refractivity contribution in [2.45, 2.75) is 13.8 Å². The van der Waals surface area contributed by atoms with Gasteiger partial charge in [-0.05, 0) is 55.8 Å². The third-order valence-electron chi connectivity index (χ3n) is 5.28. The maximum Gasteiger partial charge on any atom is 0.333 e. The molecule has 0 spiro atoms. The number of rotatable bonds is 3. The van der Waals surface area contributed by atoms with Gasteiger partial charge in [0.25, 0.3) is 5.91 Å². The van der Waals surface area contributed by atoms with Gasteiger partial charge in [-0.25, -0.2) is 9.69 Å². The Hall–Kier alpha value is -4.00. The number of aryl methyl sites for hydroxylation is 1. The van der Waals surface area contributed by atoms with Gasteiger partial charge in [0.15, 0.2) is 11.5 Å². The van der Waals surface area contributed by atoms with Crippen molar-refractivity contribution < 1.29 is 19.1 Å². The molecule has 0 atom stereocenters. The minimum absolute atomic E-state index is 0.222. The first-order valence-corrected chi connectivity index (χ1v) is 9.54. The number of para-hydroxylation sites is 1. The molecule has 0 aliphatic carbocycles. The highest BCUT2D eigenvalue weighted by atomic mass is 16.7. The van der Waals surface area contributed by atoms with Crippen LogP contribution in [0.15, 0.2) is 60.3 Å². The molecule has 3 amide bonds. The Bertz CT molecular complexity index is 1210. The van der Waals surface area contributed by atoms with E-state index in [2.05, 4.69) is 9.88 Å². The summed E-state index contributed by atoms with van der Waals surface area (Å²) in [5.41, 5.74) is 4.51. The average Bonchev–Trinajstić information content (AvgIpc) is 3.39. The van der Waals surface area contributed by atoms with Crippen LogP contribution in [0.25, 0.3) is 11.8 Å². The van der Waals surface area contributed by atoms with Crippen molar-refractivity contribution in [3.8, 4) is 17.2 Å². The smallest absolute Gasteiger partial charge is 0.333 e. The Morgan fingerprint density at radius 3 is 2.50 bits per heavy atom. The number of anilines is 1. The molecule has 3 heterocycles. The lowest BCUT2D eigenvalue weighted by molar-refractivity contribution is -0.113. The van der Waals surface area contributed by atoms with E-state index in [4.69, 9.17) is 9.47 Å². The zero-order chi connectivity index (χ0) is 20.8. The highest BCUT2D eigenvalue weighted by Crippen LogP contribution is 2.35. The van der Waals surface area contributed by atoms with Gasteiger partial charge in [-0.15, -0.1) is 0 Å². The largest absolute Gasteiger partial charge is 0.454 e. The van der Waals surface area contributed by atoms with E-state index in [0.29, 0.717) is 11.4 Å². The molecule has 5 rings (SSSR count). The molecule has 150 valence electrons. The number of benzene rings is 2. The second kappa shape index (κ2) is 6.81. The van der Waals surface area contributed by atoms with Crippen LogP contribution in [-0.4, -0.2) is 23.3 Å². The van der Waals surface area contributed by atoms with Crippen LogP contribution in [0.2, 0.25) is 0 Å². The summed E-state index contributed by atoms with van der Waals surface area (Å²) in [7, 11) is 0. The number of fused-ring (bicyclic) bond motifs is 1. The van der Waals surface area contributed by atoms with Gasteiger partial charge >= 0.3 is 6.03 Å². The van der Waals surface area contributed by atoms with Gasteiger partial charge in [-0.1, -0.05) is 18.2 Å². The standard InChI is InChI=1S/C23H19N3O4/c1-14-10-16(15(2)25(14)18-8-9-20-21(12-18)30-13-29-20)11-19-22(27)26(23(28)24-19)17-6-4-3-5-7-17/h3-12H,13H2,1-2H3,(H,24,28)/b19-11-. The Morgan fingerprint density at radius 1 is 0.933 bits per heavy atom. The lowest BCUT2D eigenvalue weighted by Crippen LogP contribution is -2.30. The monoisotopic (exact) mass is 401 g/mol. The number of nitrogens with one attached hydrogen (secondary N) is 1. The predicted octanol–water partition coefficient (Wildman–Crippen LogP) is 3.92. The maximum atomic E-state index is 12.9. The lowest BCUT2D eigenvalue weighted by Gasteiger charge is -2.11. The molecular formula is C23H19N3O4. The zero-order valence-corrected chi connectivity index (χ0v) is 16.5. The van der Waals surface area contributed by atoms with Crippen molar-refractivity contribution in [1.82, 2.24) is 9.88 Å². The normalized spacial score (nSPS) is 16.5. The SMILES string of the molecule is Cc1cc(/C=C2\NC(=O)N(c3ccccc3)C2=O)c(C)n1-c1ccc2c(c1)OCO2. The second-order valence-electron chi connectivity index (χ2n) is 7.16. The Labute approximate surface area is 173 Å². The fraction of sp³-hybridized carbons (Fsp3) is 0.130. The van der Waals surface area contributed by atoms with E-state index in [-0.39, 0.29) is 18.4 Å². The Balaban J connectivity index is 1.50. The van der Waals surface area contributed by atoms with Crippen molar-refractivity contribution >= 4 is 23.7 Å². The van der Waals surface area contributed by atoms with E-state index in [1.807, 2.05) is 44.2 Å². The quantitative estimate of drug-likeness (QED) is 0.533. The van der Waals surface area contributed by atoms with Gasteiger partial charge in [0.1, 0.15) is 5.70 Å². The van der Waals surface area contributed by atoms with Crippen molar-refractivity contribution in [1.29, 1.82) is 0 Å². The van der Waals surface area contributed by atoms with Crippen LogP contribution in [0.5, 0.6) is 11.5 Å². The lowest BCUT2D eigenvalue weighted by atomic mass is 10.2. The van der Waals surface area contributed by atoms with Crippen LogP contribution in [-0.2, 0) is 4.79 Å². The molecule has 2 aliphatic rings. The Morgan fingerprint density at radius 2 is 1.70 bits per heavy atom. The van der Waals surface area contributed by atoms with Gasteiger partial charge in [-0.3, -0.25) is 4.79 Å². The molecule has 1 saturated heterocycles. The molecule has 0 radical (unpaired) electrons. The summed E-state index contributed by atoms with van der Waals surface area (Å²) in [5.74, 6) is 1.06. The van der Waals surface area contributed by atoms with Crippen LogP contribution >= 0.6 is 0 Å². The molecule has 0 saturated carbocycles. The summed E-state index contributed by atoms with van der Waals surface area (Å²) in [5, 5.41) is 2.68. The van der Waals surface area contributed by atoms with Gasteiger partial charge in [0, 0.05) is 23.1 Å². The minimum Gasteiger partial charge on any atom is -0.454 e. The summed E-state index contributed by atoms with van der Waals surface area (Å²) < 4.78 is 13.0. The van der Waals surface area contributed by atoms with Crippen molar-refractivity contribution in [3.05, 3.63) is 77.2 Å². The van der Waals surface area contributed by atoms with Crippen molar-refractivity contribution in [3.63, 3.8) is 0 Å². The number of ether oxygens (including phenoxy) is 2. The summed E-state index contributed by atoms with van der Waals surface area (Å²) >= 11 is 0. The van der Waals surface area contributed by atoms with Gasteiger partial charge in [0.2, 0.25) is 6.79 Å². The second-order valence-corrected chi connectivity index (χ2v) is 7.16. The van der Waals surface area contributed by atoms with E-state index in [1.165, 1.54) is 0 Å². The highest BCUT2D eigenvalue weighted by molar-refractivity contribution is 6.28. The fourth-order valence-electron chi connectivity index (χ4n) is 3.86. The predicted molar refractivity (Wildman–Crippen MR) is 112 cm³/mol. The molecular weight excluding hydrogens is 382 g/mol. The van der Waals surface area contributed by atoms with E-state index in [9.17, 15) is 9.59 Å². The molecule has 3 aromatic rings. The third kappa shape index (κ3) is 2.83. The number of nitrogens with zero attached hydrogens (tertiary/aromatic N) is 2. The maximum absolute atomic E-state index is 12.9. The molecule has 1 N–H and O–H groups in total. The number of urea groups is 1. The number of amides is 3. The third-order valence-corrected chi connectivity index (χ3v) is 5.28. The first-order valence-electron chi connectivity index (χ1n) is 9.54. The van der Waals surface area contributed by atoms with Crippen LogP contribution in [0.1, 0.15) is 17.0 Å². The van der Waals surface area contributed by atoms with Crippen LogP contribution in [0, 0.1) is 13.8 Å². The van der Waals surface area contributed by atoms with Crippen molar-refractivity contribution in [2.75, 3.05) is 11.7 Å². The molecule has 7 heteroatoms. The van der Waals surface area contributed by atoms with Crippen LogP contribution in [0.3, 0.4) is 0 Å². The topological polar surface area (TPSA) is 72.8 Å². The Kier molecular flexibility index (Phi) is 4.10. The average molecular weight is 401 g/mol. The van der Waals surface area contributed by atoms with Gasteiger partial charge < -0.3 is 19.4 Å². The zero-order valence-electron chi connectivity index (χ0n) is 16.5. The van der Waals surface area contributed by atoms with E-state index in [0.717, 1.165) is 33.3 Å². The van der Waals surface area contributed by atoms with Gasteiger partial charge in [0.05, 0.1) is 5.69 Å². The first-order chi connectivity index (χ1) is 14.5. The van der Waals surface area contributed by atoms with Crippen LogP contribution < -0.4 is 19.7 Å². The number of hydrogen-bond donors (Lipinski definition) is 1. The van der Waals surface area contributed by atoms with Gasteiger partial charge in [-0.2, -0.15) is 0 Å². The van der Waals surface area contributed by atoms with E-state index in [1.54, 1.807) is 30.3 Å². The number of carbonyl (C=O) groups is 2. The number of aromatic nitrogens is 1. The molecule has 0 unspecified atom stereocenters. The molecule has 0 bridgehead atoms. The van der Waals surface area contributed by atoms with Crippen LogP contribution in [0.4, 0.5) is 10.5 Å². The summed E-state index contributed by atoms with van der Waals surface area (Å²) in [6.07, 6.45) is 1.72. The first kappa shape index (κ1) is 18.1. The number of imide groups is 1. The summed E-state index contributed by atoms with van der Waals surface area (Å²) in [6, 6.07) is 16.2.